The standard InChI is InChI=1S/C25H30N4O3S2/c1-17-23(34-21(27-17)19-12-9-13-26-14-19)29(5)22(30)20(28-24(31)32-25(2,3)4)16-33-15-18-10-7-6-8-11-18/h6-14,20H,15-16H2,1-5H3,(H,28,31)/t20-/m0/s1. The van der Waals surface area contributed by atoms with E-state index in [1.165, 1.54) is 11.3 Å². The number of rotatable bonds is 8. The van der Waals surface area contributed by atoms with Crippen molar-refractivity contribution < 1.29 is 14.3 Å². The van der Waals surface area contributed by atoms with Gasteiger partial charge in [0.2, 0.25) is 0 Å². The number of carbonyl (C=O) groups is 2. The zero-order valence-corrected chi connectivity index (χ0v) is 21.7. The van der Waals surface area contributed by atoms with Gasteiger partial charge in [-0.2, -0.15) is 11.8 Å². The first-order chi connectivity index (χ1) is 16.1. The predicted molar refractivity (Wildman–Crippen MR) is 139 cm³/mol. The quantitative estimate of drug-likeness (QED) is 0.454. The second-order valence-electron chi connectivity index (χ2n) is 8.75. The summed E-state index contributed by atoms with van der Waals surface area (Å²) in [5.74, 6) is 0.913. The van der Waals surface area contributed by atoms with Gasteiger partial charge in [-0.05, 0) is 45.4 Å². The van der Waals surface area contributed by atoms with Crippen molar-refractivity contribution in [1.29, 1.82) is 0 Å². The van der Waals surface area contributed by atoms with Crippen molar-refractivity contribution in [1.82, 2.24) is 15.3 Å². The van der Waals surface area contributed by atoms with Crippen molar-refractivity contribution in [3.8, 4) is 10.6 Å². The normalized spacial score (nSPS) is 12.1. The first kappa shape index (κ1) is 25.7. The Morgan fingerprint density at radius 3 is 2.56 bits per heavy atom. The topological polar surface area (TPSA) is 84.4 Å². The van der Waals surface area contributed by atoms with Crippen LogP contribution in [0.15, 0.2) is 54.9 Å². The summed E-state index contributed by atoms with van der Waals surface area (Å²) in [6.45, 7) is 7.25. The van der Waals surface area contributed by atoms with E-state index < -0.39 is 17.7 Å². The number of thiazole rings is 1. The summed E-state index contributed by atoms with van der Waals surface area (Å²) in [6.07, 6.45) is 2.84. The van der Waals surface area contributed by atoms with E-state index in [0.29, 0.717) is 5.75 Å². The first-order valence-electron chi connectivity index (χ1n) is 10.9. The third-order valence-corrected chi connectivity index (χ3v) is 7.09. The van der Waals surface area contributed by atoms with Gasteiger partial charge in [0.1, 0.15) is 21.7 Å². The average molecular weight is 499 g/mol. The molecule has 1 N–H and O–H groups in total. The first-order valence-corrected chi connectivity index (χ1v) is 12.9. The molecule has 1 atom stereocenters. The highest BCUT2D eigenvalue weighted by atomic mass is 32.2. The van der Waals surface area contributed by atoms with Gasteiger partial charge >= 0.3 is 6.09 Å². The fourth-order valence-electron chi connectivity index (χ4n) is 3.14. The summed E-state index contributed by atoms with van der Waals surface area (Å²) in [4.78, 5) is 36.3. The largest absolute Gasteiger partial charge is 0.444 e. The number of nitrogens with one attached hydrogen (secondary N) is 1. The molecule has 2 heterocycles. The minimum atomic E-state index is -0.753. The smallest absolute Gasteiger partial charge is 0.408 e. The van der Waals surface area contributed by atoms with Crippen molar-refractivity contribution in [2.24, 2.45) is 0 Å². The molecule has 0 unspecified atom stereocenters. The van der Waals surface area contributed by atoms with Crippen molar-refractivity contribution in [3.63, 3.8) is 0 Å². The molecular weight excluding hydrogens is 468 g/mol. The van der Waals surface area contributed by atoms with E-state index in [2.05, 4.69) is 15.3 Å². The molecular formula is C25H30N4O3S2. The van der Waals surface area contributed by atoms with Crippen molar-refractivity contribution >= 4 is 40.1 Å². The maximum Gasteiger partial charge on any atom is 0.408 e. The number of nitrogens with zero attached hydrogens (tertiary/aromatic N) is 3. The van der Waals surface area contributed by atoms with Crippen LogP contribution >= 0.6 is 23.1 Å². The lowest BCUT2D eigenvalue weighted by molar-refractivity contribution is -0.119. The molecule has 0 saturated carbocycles. The Balaban J connectivity index is 1.76. The van der Waals surface area contributed by atoms with Crippen LogP contribution in [0.1, 0.15) is 32.0 Å². The molecule has 7 nitrogen and oxygen atoms in total. The zero-order chi connectivity index (χ0) is 24.7. The maximum atomic E-state index is 13.5. The molecule has 9 heteroatoms. The number of alkyl carbamates (subject to hydrolysis) is 1. The molecule has 180 valence electrons. The predicted octanol–water partition coefficient (Wildman–Crippen LogP) is 5.30. The lowest BCUT2D eigenvalue weighted by Gasteiger charge is -2.26. The Bertz CT molecular complexity index is 1100. The second-order valence-corrected chi connectivity index (χ2v) is 10.8. The van der Waals surface area contributed by atoms with Gasteiger partial charge in [-0.1, -0.05) is 41.7 Å². The van der Waals surface area contributed by atoms with E-state index in [1.54, 1.807) is 56.9 Å². The summed E-state index contributed by atoms with van der Waals surface area (Å²) in [5, 5.41) is 4.29. The Kier molecular flexibility index (Phi) is 8.68. The van der Waals surface area contributed by atoms with Crippen LogP contribution in [0.3, 0.4) is 0 Å². The lowest BCUT2D eigenvalue weighted by Crippen LogP contribution is -2.50. The Hall–Kier alpha value is -2.91. The van der Waals surface area contributed by atoms with Gasteiger partial charge in [0.15, 0.2) is 0 Å². The van der Waals surface area contributed by atoms with Crippen LogP contribution in [-0.4, -0.2) is 46.4 Å². The van der Waals surface area contributed by atoms with Crippen LogP contribution in [0.2, 0.25) is 0 Å². The molecule has 0 aliphatic carbocycles. The van der Waals surface area contributed by atoms with Crippen LogP contribution < -0.4 is 10.2 Å². The molecule has 3 aromatic rings. The maximum absolute atomic E-state index is 13.5. The van der Waals surface area contributed by atoms with E-state index >= 15 is 0 Å². The third kappa shape index (κ3) is 7.30. The van der Waals surface area contributed by atoms with Gasteiger partial charge in [-0.3, -0.25) is 9.78 Å². The van der Waals surface area contributed by atoms with Crippen molar-refractivity contribution in [2.45, 2.75) is 45.1 Å². The molecule has 0 aliphatic rings. The van der Waals surface area contributed by atoms with E-state index in [-0.39, 0.29) is 5.91 Å². The van der Waals surface area contributed by atoms with E-state index in [4.69, 9.17) is 4.74 Å². The number of hydrogen-bond donors (Lipinski definition) is 1. The number of likely N-dealkylation sites (N-methyl/N-ethyl adjacent to an activating group) is 1. The number of ether oxygens (including phenoxy) is 1. The number of carbonyl (C=O) groups excluding carboxylic acids is 2. The van der Waals surface area contributed by atoms with E-state index in [1.807, 2.05) is 49.4 Å². The highest BCUT2D eigenvalue weighted by molar-refractivity contribution is 7.98. The Morgan fingerprint density at radius 1 is 1.18 bits per heavy atom. The number of aryl methyl sites for hydroxylation is 1. The van der Waals surface area contributed by atoms with Crippen LogP contribution in [0.5, 0.6) is 0 Å². The molecule has 0 fully saturated rings. The van der Waals surface area contributed by atoms with Gasteiger partial charge in [0.25, 0.3) is 5.91 Å². The molecule has 3 rings (SSSR count). The summed E-state index contributed by atoms with van der Waals surface area (Å²) in [6, 6.07) is 13.0. The summed E-state index contributed by atoms with van der Waals surface area (Å²) in [5.41, 5.74) is 2.13. The second kappa shape index (κ2) is 11.5. The number of aromatic nitrogens is 2. The number of pyridine rings is 1. The minimum Gasteiger partial charge on any atom is -0.444 e. The Labute approximate surface area is 209 Å². The van der Waals surface area contributed by atoms with Gasteiger partial charge in [0, 0.05) is 36.5 Å². The van der Waals surface area contributed by atoms with Crippen LogP contribution in [0.25, 0.3) is 10.6 Å². The number of hydrogen-bond acceptors (Lipinski definition) is 7. The number of thioether (sulfide) groups is 1. The van der Waals surface area contributed by atoms with Gasteiger partial charge in [0.05, 0.1) is 5.69 Å². The van der Waals surface area contributed by atoms with Crippen LogP contribution in [0.4, 0.5) is 9.80 Å². The SMILES string of the molecule is Cc1nc(-c2cccnc2)sc1N(C)C(=O)[C@H](CSCc1ccccc1)NC(=O)OC(C)(C)C. The van der Waals surface area contributed by atoms with Crippen molar-refractivity contribution in [2.75, 3.05) is 17.7 Å². The fourth-order valence-corrected chi connectivity index (χ4v) is 5.17. The van der Waals surface area contributed by atoms with Gasteiger partial charge < -0.3 is 15.0 Å². The summed E-state index contributed by atoms with van der Waals surface area (Å²) in [7, 11) is 1.71. The third-order valence-electron chi connectivity index (χ3n) is 4.70. The Morgan fingerprint density at radius 2 is 1.91 bits per heavy atom. The van der Waals surface area contributed by atoms with E-state index in [9.17, 15) is 9.59 Å². The highest BCUT2D eigenvalue weighted by Crippen LogP contribution is 2.34. The molecule has 0 radical (unpaired) electrons. The molecule has 0 aliphatic heterocycles. The summed E-state index contributed by atoms with van der Waals surface area (Å²) < 4.78 is 5.41. The fraction of sp³-hybridized carbons (Fsp3) is 0.360. The lowest BCUT2D eigenvalue weighted by atomic mass is 10.2. The molecule has 0 saturated heterocycles. The molecule has 1 aromatic carbocycles. The van der Waals surface area contributed by atoms with Crippen molar-refractivity contribution in [3.05, 3.63) is 66.1 Å². The number of amides is 2. The van der Waals surface area contributed by atoms with Crippen LogP contribution in [0, 0.1) is 6.92 Å². The molecule has 2 amide bonds. The minimum absolute atomic E-state index is 0.226. The van der Waals surface area contributed by atoms with Crippen LogP contribution in [-0.2, 0) is 15.3 Å². The molecule has 0 bridgehead atoms. The number of anilines is 1. The highest BCUT2D eigenvalue weighted by Gasteiger charge is 2.29. The van der Waals surface area contributed by atoms with Gasteiger partial charge in [-0.15, -0.1) is 0 Å². The van der Waals surface area contributed by atoms with Gasteiger partial charge in [-0.25, -0.2) is 9.78 Å². The monoisotopic (exact) mass is 498 g/mol. The average Bonchev–Trinajstić information content (AvgIpc) is 3.19. The number of benzene rings is 1. The molecule has 34 heavy (non-hydrogen) atoms. The molecule has 2 aromatic heterocycles. The molecule has 0 spiro atoms. The summed E-state index contributed by atoms with van der Waals surface area (Å²) >= 11 is 3.00. The zero-order valence-electron chi connectivity index (χ0n) is 20.1. The van der Waals surface area contributed by atoms with E-state index in [0.717, 1.165) is 32.6 Å².